The average molecular weight is 221 g/mol. The van der Waals surface area contributed by atoms with Crippen LogP contribution in [0.25, 0.3) is 0 Å². The number of hydrogen-bond acceptors (Lipinski definition) is 4. The monoisotopic (exact) mass is 221 g/mol. The van der Waals surface area contributed by atoms with E-state index in [-0.39, 0.29) is 0 Å². The molecular weight excluding hydrogens is 202 g/mol. The van der Waals surface area contributed by atoms with Crippen LogP contribution < -0.4 is 10.1 Å². The van der Waals surface area contributed by atoms with E-state index in [1.54, 1.807) is 7.11 Å². The molecule has 1 fully saturated rings. The van der Waals surface area contributed by atoms with Gasteiger partial charge in [-0.3, -0.25) is 0 Å². The molecule has 1 N–H and O–H groups in total. The SMILES string of the molecule is COc1cc(NCC2CCCC2C)ncn1. The molecule has 0 amide bonds. The van der Waals surface area contributed by atoms with Crippen LogP contribution in [0, 0.1) is 11.8 Å². The number of anilines is 1. The minimum Gasteiger partial charge on any atom is -0.481 e. The molecule has 88 valence electrons. The van der Waals surface area contributed by atoms with E-state index in [0.29, 0.717) is 5.88 Å². The Bertz CT molecular complexity index is 343. The third-order valence-electron chi connectivity index (χ3n) is 3.44. The summed E-state index contributed by atoms with van der Waals surface area (Å²) in [5, 5.41) is 3.36. The van der Waals surface area contributed by atoms with Crippen LogP contribution in [0.1, 0.15) is 26.2 Å². The summed E-state index contributed by atoms with van der Waals surface area (Å²) < 4.78 is 5.06. The second kappa shape index (κ2) is 5.14. The van der Waals surface area contributed by atoms with Crippen molar-refractivity contribution in [3.63, 3.8) is 0 Å². The highest BCUT2D eigenvalue weighted by atomic mass is 16.5. The third-order valence-corrected chi connectivity index (χ3v) is 3.44. The Morgan fingerprint density at radius 1 is 1.44 bits per heavy atom. The van der Waals surface area contributed by atoms with E-state index in [2.05, 4.69) is 22.2 Å². The molecule has 0 saturated heterocycles. The van der Waals surface area contributed by atoms with Crippen LogP contribution in [-0.2, 0) is 0 Å². The summed E-state index contributed by atoms with van der Waals surface area (Å²) >= 11 is 0. The van der Waals surface area contributed by atoms with E-state index in [1.807, 2.05) is 6.07 Å². The maximum atomic E-state index is 5.06. The van der Waals surface area contributed by atoms with Gasteiger partial charge in [-0.1, -0.05) is 19.8 Å². The number of nitrogens with one attached hydrogen (secondary N) is 1. The Morgan fingerprint density at radius 3 is 3.00 bits per heavy atom. The summed E-state index contributed by atoms with van der Waals surface area (Å²) in [7, 11) is 1.62. The van der Waals surface area contributed by atoms with Crippen LogP contribution in [0.3, 0.4) is 0 Å². The average Bonchev–Trinajstić information content (AvgIpc) is 2.72. The van der Waals surface area contributed by atoms with Crippen molar-refractivity contribution in [3.8, 4) is 5.88 Å². The molecule has 0 spiro atoms. The Morgan fingerprint density at radius 2 is 2.31 bits per heavy atom. The molecule has 0 radical (unpaired) electrons. The van der Waals surface area contributed by atoms with E-state index in [4.69, 9.17) is 4.74 Å². The standard InChI is InChI=1S/C12H19N3O/c1-9-4-3-5-10(9)7-13-11-6-12(16-2)15-8-14-11/h6,8-10H,3-5,7H2,1-2H3,(H,13,14,15). The molecular formula is C12H19N3O. The lowest BCUT2D eigenvalue weighted by Gasteiger charge is -2.16. The van der Waals surface area contributed by atoms with Crippen LogP contribution in [0.15, 0.2) is 12.4 Å². The van der Waals surface area contributed by atoms with Crippen molar-refractivity contribution in [2.75, 3.05) is 19.0 Å². The van der Waals surface area contributed by atoms with E-state index < -0.39 is 0 Å². The van der Waals surface area contributed by atoms with Crippen molar-refractivity contribution in [1.82, 2.24) is 9.97 Å². The normalized spacial score (nSPS) is 24.4. The maximum absolute atomic E-state index is 5.06. The second-order valence-electron chi connectivity index (χ2n) is 4.49. The van der Waals surface area contributed by atoms with Crippen LogP contribution >= 0.6 is 0 Å². The molecule has 0 aliphatic heterocycles. The summed E-state index contributed by atoms with van der Waals surface area (Å²) in [6.07, 6.45) is 5.58. The quantitative estimate of drug-likeness (QED) is 0.847. The number of rotatable bonds is 4. The predicted molar refractivity (Wildman–Crippen MR) is 63.6 cm³/mol. The molecule has 2 rings (SSSR count). The van der Waals surface area contributed by atoms with Crippen LogP contribution in [-0.4, -0.2) is 23.6 Å². The van der Waals surface area contributed by atoms with Gasteiger partial charge in [-0.15, -0.1) is 0 Å². The molecule has 4 nitrogen and oxygen atoms in total. The van der Waals surface area contributed by atoms with Crippen molar-refractivity contribution in [1.29, 1.82) is 0 Å². The molecule has 1 aromatic heterocycles. The second-order valence-corrected chi connectivity index (χ2v) is 4.49. The number of ether oxygens (including phenoxy) is 1. The molecule has 0 bridgehead atoms. The molecule has 1 aliphatic rings. The van der Waals surface area contributed by atoms with E-state index in [9.17, 15) is 0 Å². The number of aromatic nitrogens is 2. The highest BCUT2D eigenvalue weighted by Gasteiger charge is 2.22. The van der Waals surface area contributed by atoms with Gasteiger partial charge in [0.25, 0.3) is 0 Å². The fourth-order valence-electron chi connectivity index (χ4n) is 2.31. The highest BCUT2D eigenvalue weighted by Crippen LogP contribution is 2.31. The molecule has 16 heavy (non-hydrogen) atoms. The van der Waals surface area contributed by atoms with Crippen LogP contribution in [0.2, 0.25) is 0 Å². The van der Waals surface area contributed by atoms with Gasteiger partial charge in [-0.05, 0) is 18.3 Å². The van der Waals surface area contributed by atoms with Crippen LogP contribution in [0.5, 0.6) is 5.88 Å². The summed E-state index contributed by atoms with van der Waals surface area (Å²) in [5.41, 5.74) is 0. The minimum atomic E-state index is 0.608. The molecule has 2 unspecified atom stereocenters. The van der Waals surface area contributed by atoms with E-state index in [1.165, 1.54) is 25.6 Å². The zero-order valence-electron chi connectivity index (χ0n) is 9.94. The first-order valence-electron chi connectivity index (χ1n) is 5.89. The molecule has 0 aromatic carbocycles. The molecule has 4 heteroatoms. The van der Waals surface area contributed by atoms with Crippen molar-refractivity contribution in [2.45, 2.75) is 26.2 Å². The summed E-state index contributed by atoms with van der Waals surface area (Å²) in [5.74, 6) is 3.07. The van der Waals surface area contributed by atoms with Gasteiger partial charge in [0.05, 0.1) is 7.11 Å². The Hall–Kier alpha value is -1.32. The first-order chi connectivity index (χ1) is 7.79. The summed E-state index contributed by atoms with van der Waals surface area (Å²) in [4.78, 5) is 8.15. The number of nitrogens with zero attached hydrogens (tertiary/aromatic N) is 2. The van der Waals surface area contributed by atoms with Crippen molar-refractivity contribution >= 4 is 5.82 Å². The molecule has 1 aromatic rings. The molecule has 2 atom stereocenters. The number of hydrogen-bond donors (Lipinski definition) is 1. The molecule has 1 aliphatic carbocycles. The van der Waals surface area contributed by atoms with Gasteiger partial charge in [-0.25, -0.2) is 9.97 Å². The van der Waals surface area contributed by atoms with Gasteiger partial charge in [0.15, 0.2) is 0 Å². The zero-order chi connectivity index (χ0) is 11.4. The first-order valence-corrected chi connectivity index (χ1v) is 5.89. The van der Waals surface area contributed by atoms with Crippen molar-refractivity contribution in [2.24, 2.45) is 11.8 Å². The predicted octanol–water partition coefficient (Wildman–Crippen LogP) is 2.33. The van der Waals surface area contributed by atoms with Crippen LogP contribution in [0.4, 0.5) is 5.82 Å². The largest absolute Gasteiger partial charge is 0.481 e. The van der Waals surface area contributed by atoms with Gasteiger partial charge in [0.1, 0.15) is 12.1 Å². The van der Waals surface area contributed by atoms with Gasteiger partial charge < -0.3 is 10.1 Å². The highest BCUT2D eigenvalue weighted by molar-refractivity contribution is 5.37. The van der Waals surface area contributed by atoms with E-state index >= 15 is 0 Å². The lowest BCUT2D eigenvalue weighted by Crippen LogP contribution is -2.17. The molecule has 1 heterocycles. The molecule has 1 saturated carbocycles. The fraction of sp³-hybridized carbons (Fsp3) is 0.667. The fourth-order valence-corrected chi connectivity index (χ4v) is 2.31. The van der Waals surface area contributed by atoms with Gasteiger partial charge >= 0.3 is 0 Å². The maximum Gasteiger partial charge on any atom is 0.218 e. The zero-order valence-corrected chi connectivity index (χ0v) is 9.94. The smallest absolute Gasteiger partial charge is 0.218 e. The Balaban J connectivity index is 1.88. The number of methoxy groups -OCH3 is 1. The van der Waals surface area contributed by atoms with Gasteiger partial charge in [0, 0.05) is 12.6 Å². The topological polar surface area (TPSA) is 47.0 Å². The first kappa shape index (κ1) is 11.2. The lowest BCUT2D eigenvalue weighted by atomic mass is 9.98. The Kier molecular flexibility index (Phi) is 3.59. The van der Waals surface area contributed by atoms with E-state index in [0.717, 1.165) is 24.2 Å². The summed E-state index contributed by atoms with van der Waals surface area (Å²) in [6, 6.07) is 1.83. The third kappa shape index (κ3) is 2.62. The minimum absolute atomic E-state index is 0.608. The van der Waals surface area contributed by atoms with Crippen molar-refractivity contribution < 1.29 is 4.74 Å². The Labute approximate surface area is 96.4 Å². The van der Waals surface area contributed by atoms with Gasteiger partial charge in [0.2, 0.25) is 5.88 Å². The van der Waals surface area contributed by atoms with Crippen molar-refractivity contribution in [3.05, 3.63) is 12.4 Å². The van der Waals surface area contributed by atoms with Gasteiger partial charge in [-0.2, -0.15) is 0 Å². The lowest BCUT2D eigenvalue weighted by molar-refractivity contribution is 0.397. The summed E-state index contributed by atoms with van der Waals surface area (Å²) in [6.45, 7) is 3.33.